The van der Waals surface area contributed by atoms with Crippen LogP contribution in [0, 0.1) is 19.8 Å². The smallest absolute Gasteiger partial charge is 0.0397 e. The summed E-state index contributed by atoms with van der Waals surface area (Å²) in [5.41, 5.74) is 12.8. The summed E-state index contributed by atoms with van der Waals surface area (Å²) in [4.78, 5) is 0. The summed E-state index contributed by atoms with van der Waals surface area (Å²) in [5, 5.41) is 3.61. The third-order valence-electron chi connectivity index (χ3n) is 6.93. The first-order valence-corrected chi connectivity index (χ1v) is 12.4. The van der Waals surface area contributed by atoms with Crippen molar-refractivity contribution in [2.45, 2.75) is 59.4 Å². The summed E-state index contributed by atoms with van der Waals surface area (Å²) in [7, 11) is 0. The number of nitrogens with one attached hydrogen (secondary N) is 1. The van der Waals surface area contributed by atoms with E-state index in [9.17, 15) is 0 Å². The van der Waals surface area contributed by atoms with Crippen molar-refractivity contribution in [3.63, 3.8) is 0 Å². The molecule has 0 spiro atoms. The minimum atomic E-state index is 0.460. The van der Waals surface area contributed by atoms with E-state index in [4.69, 9.17) is 0 Å². The molecule has 1 atom stereocenters. The van der Waals surface area contributed by atoms with E-state index < -0.39 is 0 Å². The quantitative estimate of drug-likeness (QED) is 0.428. The van der Waals surface area contributed by atoms with Gasteiger partial charge in [-0.1, -0.05) is 103 Å². The van der Waals surface area contributed by atoms with Gasteiger partial charge in [-0.25, -0.2) is 0 Å². The molecule has 1 nitrogen and oxygen atoms in total. The molecule has 0 radical (unpaired) electrons. The molecule has 2 aliphatic rings. The summed E-state index contributed by atoms with van der Waals surface area (Å²) < 4.78 is 0. The molecule has 1 heteroatoms. The highest BCUT2D eigenvalue weighted by molar-refractivity contribution is 5.80. The van der Waals surface area contributed by atoms with Crippen molar-refractivity contribution >= 4 is 5.57 Å². The lowest BCUT2D eigenvalue weighted by atomic mass is 9.80. The minimum absolute atomic E-state index is 0.460. The van der Waals surface area contributed by atoms with E-state index in [1.807, 2.05) is 0 Å². The Bertz CT molecular complexity index is 1150. The van der Waals surface area contributed by atoms with Gasteiger partial charge in [-0.2, -0.15) is 0 Å². The highest BCUT2D eigenvalue weighted by Gasteiger charge is 2.31. The Balaban J connectivity index is 0.000000243. The Kier molecular flexibility index (Phi) is 7.50. The van der Waals surface area contributed by atoms with Crippen molar-refractivity contribution < 1.29 is 0 Å². The van der Waals surface area contributed by atoms with Crippen LogP contribution in [0.15, 0.2) is 90.6 Å². The Morgan fingerprint density at radius 3 is 2.30 bits per heavy atom. The van der Waals surface area contributed by atoms with Gasteiger partial charge in [0.05, 0.1) is 0 Å². The zero-order chi connectivity index (χ0) is 23.2. The number of rotatable bonds is 5. The van der Waals surface area contributed by atoms with Crippen molar-refractivity contribution in [3.8, 4) is 0 Å². The van der Waals surface area contributed by atoms with Crippen molar-refractivity contribution in [1.82, 2.24) is 5.32 Å². The first-order chi connectivity index (χ1) is 16.0. The van der Waals surface area contributed by atoms with Gasteiger partial charge in [0.1, 0.15) is 0 Å². The summed E-state index contributed by atoms with van der Waals surface area (Å²) in [6.45, 7) is 11.7. The molecule has 0 aliphatic heterocycles. The van der Waals surface area contributed by atoms with E-state index in [1.165, 1.54) is 58.3 Å². The maximum absolute atomic E-state index is 4.40. The number of allylic oxidation sites excluding steroid dienone is 2. The van der Waals surface area contributed by atoms with E-state index in [1.54, 1.807) is 11.1 Å². The van der Waals surface area contributed by atoms with Gasteiger partial charge in [-0.05, 0) is 73.8 Å². The second kappa shape index (κ2) is 10.7. The molecule has 33 heavy (non-hydrogen) atoms. The lowest BCUT2D eigenvalue weighted by Crippen LogP contribution is -2.22. The topological polar surface area (TPSA) is 12.0 Å². The van der Waals surface area contributed by atoms with E-state index >= 15 is 0 Å². The van der Waals surface area contributed by atoms with Crippen LogP contribution < -0.4 is 5.32 Å². The van der Waals surface area contributed by atoms with Gasteiger partial charge >= 0.3 is 0 Å². The largest absolute Gasteiger partial charge is 0.384 e. The molecule has 5 rings (SSSR count). The predicted molar refractivity (Wildman–Crippen MR) is 142 cm³/mol. The number of aryl methyl sites for hydroxylation is 3. The highest BCUT2D eigenvalue weighted by atomic mass is 14.9. The monoisotopic (exact) mass is 435 g/mol. The molecule has 0 aromatic heterocycles. The number of benzene rings is 3. The fourth-order valence-electron chi connectivity index (χ4n) is 5.22. The molecule has 0 fully saturated rings. The number of hydrogen-bond acceptors (Lipinski definition) is 1. The fraction of sp³-hybridized carbons (Fsp3) is 0.312. The SMILES string of the molecule is C=C(NCc1cccc(C)c1)C1CCCC2=C1c1ccccc1C2.CCc1cccc(C)c1. The molecule has 0 amide bonds. The second-order valence-electron chi connectivity index (χ2n) is 9.51. The van der Waals surface area contributed by atoms with Crippen LogP contribution in [-0.2, 0) is 19.4 Å². The van der Waals surface area contributed by atoms with Gasteiger partial charge < -0.3 is 5.32 Å². The lowest BCUT2D eigenvalue weighted by Gasteiger charge is -2.28. The Labute approximate surface area is 200 Å². The molecule has 3 aromatic rings. The van der Waals surface area contributed by atoms with Crippen molar-refractivity contribution in [2.75, 3.05) is 0 Å². The van der Waals surface area contributed by atoms with Gasteiger partial charge in [0.15, 0.2) is 0 Å². The molecular formula is C32H37N. The Morgan fingerprint density at radius 1 is 0.909 bits per heavy atom. The molecule has 2 aliphatic carbocycles. The van der Waals surface area contributed by atoms with Crippen molar-refractivity contribution in [1.29, 1.82) is 0 Å². The molecule has 0 saturated heterocycles. The van der Waals surface area contributed by atoms with Crippen LogP contribution in [0.1, 0.15) is 59.6 Å². The summed E-state index contributed by atoms with van der Waals surface area (Å²) in [6, 6.07) is 26.2. The summed E-state index contributed by atoms with van der Waals surface area (Å²) in [5.74, 6) is 0.460. The maximum Gasteiger partial charge on any atom is 0.0397 e. The zero-order valence-electron chi connectivity index (χ0n) is 20.5. The molecule has 0 saturated carbocycles. The first-order valence-electron chi connectivity index (χ1n) is 12.4. The Morgan fingerprint density at radius 2 is 1.61 bits per heavy atom. The molecule has 0 heterocycles. The van der Waals surface area contributed by atoms with Crippen LogP contribution >= 0.6 is 0 Å². The minimum Gasteiger partial charge on any atom is -0.384 e. The highest BCUT2D eigenvalue weighted by Crippen LogP contribution is 2.46. The average molecular weight is 436 g/mol. The average Bonchev–Trinajstić information content (AvgIpc) is 3.22. The standard InChI is InChI=1S/C23H25N.C9H12/c1-16-7-5-8-18(13-16)15-24-17(2)21-12-6-10-20-14-19-9-3-4-11-22(19)23(20)21;1-3-9-6-4-5-8(2)7-9/h3-5,7-9,11,13,21,24H,2,6,10,12,14-15H2,1H3;4-7H,3H2,1-2H3. The van der Waals surface area contributed by atoms with Gasteiger partial charge in [-0.15, -0.1) is 0 Å². The predicted octanol–water partition coefficient (Wildman–Crippen LogP) is 7.97. The third-order valence-corrected chi connectivity index (χ3v) is 6.93. The normalized spacial score (nSPS) is 16.4. The van der Waals surface area contributed by atoms with Crippen molar-refractivity contribution in [3.05, 3.63) is 124 Å². The second-order valence-corrected chi connectivity index (χ2v) is 9.51. The molecule has 3 aromatic carbocycles. The summed E-state index contributed by atoms with van der Waals surface area (Å²) in [6.07, 6.45) is 6.04. The summed E-state index contributed by atoms with van der Waals surface area (Å²) >= 11 is 0. The van der Waals surface area contributed by atoms with Crippen LogP contribution in [0.25, 0.3) is 5.57 Å². The van der Waals surface area contributed by atoms with E-state index in [0.717, 1.165) is 19.4 Å². The number of fused-ring (bicyclic) bond motifs is 2. The molecule has 170 valence electrons. The van der Waals surface area contributed by atoms with Crippen molar-refractivity contribution in [2.24, 2.45) is 5.92 Å². The zero-order valence-corrected chi connectivity index (χ0v) is 20.5. The maximum atomic E-state index is 4.40. The van der Waals surface area contributed by atoms with Crippen LogP contribution in [0.2, 0.25) is 0 Å². The van der Waals surface area contributed by atoms with E-state index in [0.29, 0.717) is 5.92 Å². The van der Waals surface area contributed by atoms with Crippen LogP contribution in [0.4, 0.5) is 0 Å². The van der Waals surface area contributed by atoms with Gasteiger partial charge in [-0.3, -0.25) is 0 Å². The fourth-order valence-corrected chi connectivity index (χ4v) is 5.22. The molecule has 1 N–H and O–H groups in total. The van der Waals surface area contributed by atoms with Gasteiger partial charge in [0, 0.05) is 18.2 Å². The molecular weight excluding hydrogens is 398 g/mol. The molecule has 1 unspecified atom stereocenters. The Hall–Kier alpha value is -3.06. The van der Waals surface area contributed by atoms with Gasteiger partial charge in [0.2, 0.25) is 0 Å². The van der Waals surface area contributed by atoms with E-state index in [2.05, 4.69) is 105 Å². The lowest BCUT2D eigenvalue weighted by molar-refractivity contribution is 0.567. The van der Waals surface area contributed by atoms with E-state index in [-0.39, 0.29) is 0 Å². The van der Waals surface area contributed by atoms with Crippen LogP contribution in [0.3, 0.4) is 0 Å². The number of hydrogen-bond donors (Lipinski definition) is 1. The van der Waals surface area contributed by atoms with Crippen LogP contribution in [0.5, 0.6) is 0 Å². The van der Waals surface area contributed by atoms with Crippen LogP contribution in [-0.4, -0.2) is 0 Å². The third kappa shape index (κ3) is 5.66. The first kappa shape index (κ1) is 23.1. The molecule has 0 bridgehead atoms. The van der Waals surface area contributed by atoms with Gasteiger partial charge in [0.25, 0.3) is 0 Å².